The molecule has 0 bridgehead atoms. The van der Waals surface area contributed by atoms with Gasteiger partial charge in [-0.1, -0.05) is 0 Å². The van der Waals surface area contributed by atoms with Crippen LogP contribution in [-0.4, -0.2) is 46.7 Å². The largest absolute Gasteiger partial charge is 0.444 e. The van der Waals surface area contributed by atoms with Crippen LogP contribution in [0.25, 0.3) is 0 Å². The number of carbonyl (C=O) groups excluding carboxylic acids is 2. The van der Waals surface area contributed by atoms with Crippen molar-refractivity contribution >= 4 is 12.0 Å². The van der Waals surface area contributed by atoms with Gasteiger partial charge in [-0.2, -0.15) is 0 Å². The van der Waals surface area contributed by atoms with Crippen LogP contribution in [0, 0.1) is 0 Å². The van der Waals surface area contributed by atoms with Crippen molar-refractivity contribution < 1.29 is 14.3 Å². The van der Waals surface area contributed by atoms with Crippen LogP contribution in [0.3, 0.4) is 0 Å². The number of carbonyl (C=O) groups is 2. The molecule has 0 aromatic carbocycles. The smallest absolute Gasteiger partial charge is 0.407 e. The Labute approximate surface area is 140 Å². The van der Waals surface area contributed by atoms with Gasteiger partial charge in [0.2, 0.25) is 5.91 Å². The molecule has 1 unspecified atom stereocenters. The second-order valence-corrected chi connectivity index (χ2v) is 7.78. The first kappa shape index (κ1) is 19.7. The van der Waals surface area contributed by atoms with Crippen LogP contribution >= 0.6 is 0 Å². The van der Waals surface area contributed by atoms with E-state index in [1.807, 2.05) is 39.5 Å². The van der Waals surface area contributed by atoms with Gasteiger partial charge in [-0.3, -0.25) is 4.79 Å². The Kier molecular flexibility index (Phi) is 6.86. The predicted molar refractivity (Wildman–Crippen MR) is 91.0 cm³/mol. The summed E-state index contributed by atoms with van der Waals surface area (Å²) < 4.78 is 5.29. The molecule has 1 fully saturated rings. The van der Waals surface area contributed by atoms with Crippen LogP contribution in [0.2, 0.25) is 0 Å². The molecule has 3 N–H and O–H groups in total. The van der Waals surface area contributed by atoms with Gasteiger partial charge in [0.1, 0.15) is 5.60 Å². The van der Waals surface area contributed by atoms with E-state index in [9.17, 15) is 9.59 Å². The molecule has 0 saturated heterocycles. The Morgan fingerprint density at radius 1 is 1.13 bits per heavy atom. The molecule has 0 heterocycles. The number of rotatable bonds is 4. The first-order chi connectivity index (χ1) is 10.5. The molecule has 6 heteroatoms. The zero-order valence-corrected chi connectivity index (χ0v) is 15.4. The Bertz CT molecular complexity index is 408. The number of alkyl carbamates (subject to hydrolysis) is 1. The topological polar surface area (TPSA) is 84.7 Å². The summed E-state index contributed by atoms with van der Waals surface area (Å²) in [4.78, 5) is 26.1. The number of nitrogens with one attached hydrogen (secondary N) is 1. The van der Waals surface area contributed by atoms with Gasteiger partial charge in [0.15, 0.2) is 0 Å². The van der Waals surface area contributed by atoms with Gasteiger partial charge in [-0.15, -0.1) is 0 Å². The van der Waals surface area contributed by atoms with Crippen LogP contribution in [0.1, 0.15) is 67.2 Å². The molecule has 0 radical (unpaired) electrons. The lowest BCUT2D eigenvalue weighted by atomic mass is 9.89. The van der Waals surface area contributed by atoms with E-state index in [1.54, 1.807) is 6.92 Å². The highest BCUT2D eigenvalue weighted by molar-refractivity contribution is 5.81. The number of nitrogens with two attached hydrogens (primary N) is 1. The lowest BCUT2D eigenvalue weighted by Gasteiger charge is -2.40. The second kappa shape index (κ2) is 7.99. The predicted octanol–water partition coefficient (Wildman–Crippen LogP) is 2.41. The quantitative estimate of drug-likeness (QED) is 0.830. The third-order valence-corrected chi connectivity index (χ3v) is 4.01. The summed E-state index contributed by atoms with van der Waals surface area (Å²) in [6.07, 6.45) is 3.07. The normalized spacial score (nSPS) is 23.3. The molecule has 1 rings (SSSR count). The number of hydrogen-bond acceptors (Lipinski definition) is 4. The molecule has 1 atom stereocenters. The van der Waals surface area contributed by atoms with Crippen molar-refractivity contribution in [1.82, 2.24) is 10.2 Å². The fourth-order valence-corrected chi connectivity index (χ4v) is 3.06. The van der Waals surface area contributed by atoms with Gasteiger partial charge < -0.3 is 20.7 Å². The molecule has 0 aromatic rings. The summed E-state index contributed by atoms with van der Waals surface area (Å²) in [5.74, 6) is 0.00329. The molecule has 1 saturated carbocycles. The summed E-state index contributed by atoms with van der Waals surface area (Å²) in [7, 11) is 0. The van der Waals surface area contributed by atoms with Crippen molar-refractivity contribution in [3.05, 3.63) is 0 Å². The zero-order chi connectivity index (χ0) is 17.8. The van der Waals surface area contributed by atoms with Crippen molar-refractivity contribution in [2.75, 3.05) is 0 Å². The standard InChI is InChI=1S/C17H33N3O3/c1-11(2)20(15(21)12(3)18)14-9-7-13(8-10-14)19-16(22)23-17(4,5)6/h11-14H,7-10,18H2,1-6H3,(H,19,22). The van der Waals surface area contributed by atoms with Gasteiger partial charge in [-0.25, -0.2) is 4.79 Å². The summed E-state index contributed by atoms with van der Waals surface area (Å²) in [5, 5.41) is 2.93. The Morgan fingerprint density at radius 3 is 2.04 bits per heavy atom. The monoisotopic (exact) mass is 327 g/mol. The maximum atomic E-state index is 12.3. The molecule has 0 aliphatic heterocycles. The van der Waals surface area contributed by atoms with Gasteiger partial charge >= 0.3 is 6.09 Å². The van der Waals surface area contributed by atoms with E-state index in [0.29, 0.717) is 0 Å². The lowest BCUT2D eigenvalue weighted by Crippen LogP contribution is -2.53. The average molecular weight is 327 g/mol. The van der Waals surface area contributed by atoms with Crippen molar-refractivity contribution in [1.29, 1.82) is 0 Å². The Balaban J connectivity index is 2.54. The van der Waals surface area contributed by atoms with Crippen molar-refractivity contribution in [3.8, 4) is 0 Å². The minimum absolute atomic E-state index is 0.00329. The first-order valence-electron chi connectivity index (χ1n) is 8.58. The van der Waals surface area contributed by atoms with E-state index in [4.69, 9.17) is 10.5 Å². The van der Waals surface area contributed by atoms with Gasteiger partial charge in [-0.05, 0) is 67.2 Å². The molecule has 0 spiro atoms. The van der Waals surface area contributed by atoms with E-state index in [0.717, 1.165) is 25.7 Å². The van der Waals surface area contributed by atoms with Gasteiger partial charge in [0, 0.05) is 18.1 Å². The third kappa shape index (κ3) is 6.37. The first-order valence-corrected chi connectivity index (χ1v) is 8.58. The molecule has 0 aromatic heterocycles. The van der Waals surface area contributed by atoms with Gasteiger partial charge in [0.05, 0.1) is 6.04 Å². The zero-order valence-electron chi connectivity index (χ0n) is 15.4. The fourth-order valence-electron chi connectivity index (χ4n) is 3.06. The van der Waals surface area contributed by atoms with Crippen molar-refractivity contribution in [2.45, 2.75) is 97.0 Å². The molecule has 1 aliphatic rings. The van der Waals surface area contributed by atoms with Crippen LogP contribution in [0.15, 0.2) is 0 Å². The number of amides is 2. The maximum absolute atomic E-state index is 12.3. The van der Waals surface area contributed by atoms with Crippen LogP contribution in [0.5, 0.6) is 0 Å². The highest BCUT2D eigenvalue weighted by atomic mass is 16.6. The van der Waals surface area contributed by atoms with E-state index < -0.39 is 11.6 Å². The highest BCUT2D eigenvalue weighted by Gasteiger charge is 2.32. The molecular formula is C17H33N3O3. The summed E-state index contributed by atoms with van der Waals surface area (Å²) in [5.41, 5.74) is 5.28. The third-order valence-electron chi connectivity index (χ3n) is 4.01. The second-order valence-electron chi connectivity index (χ2n) is 7.78. The van der Waals surface area contributed by atoms with Crippen LogP contribution in [0.4, 0.5) is 4.79 Å². The Hall–Kier alpha value is -1.30. The molecular weight excluding hydrogens is 294 g/mol. The SMILES string of the molecule is CC(N)C(=O)N(C(C)C)C1CCC(NC(=O)OC(C)(C)C)CC1. The average Bonchev–Trinajstić information content (AvgIpc) is 2.38. The minimum atomic E-state index is -0.487. The number of ether oxygens (including phenoxy) is 1. The van der Waals surface area contributed by atoms with Crippen LogP contribution < -0.4 is 11.1 Å². The van der Waals surface area contributed by atoms with Crippen molar-refractivity contribution in [3.63, 3.8) is 0 Å². The van der Waals surface area contributed by atoms with Crippen LogP contribution in [-0.2, 0) is 9.53 Å². The summed E-state index contributed by atoms with van der Waals surface area (Å²) >= 11 is 0. The molecule has 6 nitrogen and oxygen atoms in total. The van der Waals surface area contributed by atoms with Gasteiger partial charge in [0.25, 0.3) is 0 Å². The van der Waals surface area contributed by atoms with E-state index in [-0.39, 0.29) is 30.1 Å². The fraction of sp³-hybridized carbons (Fsp3) is 0.882. The Morgan fingerprint density at radius 2 is 1.65 bits per heavy atom. The number of hydrogen-bond donors (Lipinski definition) is 2. The highest BCUT2D eigenvalue weighted by Crippen LogP contribution is 2.25. The van der Waals surface area contributed by atoms with Crippen molar-refractivity contribution in [2.24, 2.45) is 5.73 Å². The van der Waals surface area contributed by atoms with E-state index in [1.165, 1.54) is 0 Å². The molecule has 23 heavy (non-hydrogen) atoms. The summed E-state index contributed by atoms with van der Waals surface area (Å²) in [6.45, 7) is 11.3. The maximum Gasteiger partial charge on any atom is 0.407 e. The number of nitrogens with zero attached hydrogens (tertiary/aromatic N) is 1. The molecule has 1 aliphatic carbocycles. The van der Waals surface area contributed by atoms with E-state index >= 15 is 0 Å². The molecule has 134 valence electrons. The molecule has 2 amide bonds. The van der Waals surface area contributed by atoms with E-state index in [2.05, 4.69) is 5.32 Å². The lowest BCUT2D eigenvalue weighted by molar-refractivity contribution is -0.137. The minimum Gasteiger partial charge on any atom is -0.444 e. The summed E-state index contributed by atoms with van der Waals surface area (Å²) in [6, 6.07) is -0.0328.